The Morgan fingerprint density at radius 2 is 1.80 bits per heavy atom. The second-order valence-corrected chi connectivity index (χ2v) is 10.4. The van der Waals surface area contributed by atoms with Gasteiger partial charge in [0.1, 0.15) is 12.4 Å². The van der Waals surface area contributed by atoms with E-state index in [1.807, 2.05) is 31.3 Å². The lowest BCUT2D eigenvalue weighted by molar-refractivity contribution is 0.266. The highest BCUT2D eigenvalue weighted by molar-refractivity contribution is 5.83. The smallest absolute Gasteiger partial charge is 0.161 e. The van der Waals surface area contributed by atoms with Crippen LogP contribution in [0.4, 0.5) is 15.8 Å². The van der Waals surface area contributed by atoms with Gasteiger partial charge in [0, 0.05) is 23.4 Å². The molecule has 6 rings (SSSR count). The van der Waals surface area contributed by atoms with Crippen LogP contribution in [0.1, 0.15) is 53.1 Å². The van der Waals surface area contributed by atoms with E-state index in [2.05, 4.69) is 66.9 Å². The van der Waals surface area contributed by atoms with E-state index >= 15 is 0 Å². The zero-order valence-corrected chi connectivity index (χ0v) is 22.8. The highest BCUT2D eigenvalue weighted by Gasteiger charge is 2.37. The Hall–Kier alpha value is -4.38. The summed E-state index contributed by atoms with van der Waals surface area (Å²) < 4.78 is 25.7. The molecular weight excluding hydrogens is 499 g/mol. The molecule has 0 bridgehead atoms. The van der Waals surface area contributed by atoms with Crippen LogP contribution in [0.5, 0.6) is 11.5 Å². The Morgan fingerprint density at radius 3 is 2.62 bits per heavy atom. The van der Waals surface area contributed by atoms with E-state index < -0.39 is 0 Å². The minimum absolute atomic E-state index is 0.130. The molecule has 4 aromatic rings. The minimum atomic E-state index is -0.283. The van der Waals surface area contributed by atoms with Crippen molar-refractivity contribution >= 4 is 17.6 Å². The molecule has 1 N–H and O–H groups in total. The van der Waals surface area contributed by atoms with Crippen LogP contribution in [0, 0.1) is 18.7 Å². The van der Waals surface area contributed by atoms with Crippen LogP contribution in [-0.4, -0.2) is 12.8 Å². The van der Waals surface area contributed by atoms with Crippen molar-refractivity contribution in [3.05, 3.63) is 131 Å². The van der Waals surface area contributed by atoms with Gasteiger partial charge in [0.2, 0.25) is 0 Å². The SMILES string of the molecule is CCOc1cc(C=Nc2ccc([C@@H]3Nc4ccc(C)cc4[C@H]4C=CC[C@H]43)cc2)ccc1OCc1ccccc1F. The molecule has 0 amide bonds. The first-order valence-corrected chi connectivity index (χ1v) is 13.9. The first-order valence-electron chi connectivity index (χ1n) is 13.9. The van der Waals surface area contributed by atoms with Crippen molar-refractivity contribution in [1.82, 2.24) is 0 Å². The summed E-state index contributed by atoms with van der Waals surface area (Å²) >= 11 is 0. The van der Waals surface area contributed by atoms with Gasteiger partial charge in [0.05, 0.1) is 18.3 Å². The Balaban J connectivity index is 1.16. The first-order chi connectivity index (χ1) is 19.6. The van der Waals surface area contributed by atoms with Crippen LogP contribution < -0.4 is 14.8 Å². The summed E-state index contributed by atoms with van der Waals surface area (Å²) in [4.78, 5) is 4.71. The predicted molar refractivity (Wildman–Crippen MR) is 160 cm³/mol. The van der Waals surface area contributed by atoms with Gasteiger partial charge in [-0.1, -0.05) is 60.2 Å². The zero-order valence-electron chi connectivity index (χ0n) is 22.8. The number of hydrogen-bond acceptors (Lipinski definition) is 4. The Morgan fingerprint density at radius 1 is 0.950 bits per heavy atom. The Bertz CT molecular complexity index is 1560. The molecule has 4 aromatic carbocycles. The van der Waals surface area contributed by atoms with Gasteiger partial charge in [0.25, 0.3) is 0 Å². The molecule has 0 saturated heterocycles. The number of ether oxygens (including phenoxy) is 2. The van der Waals surface area contributed by atoms with Crippen LogP contribution >= 0.6 is 0 Å². The summed E-state index contributed by atoms with van der Waals surface area (Å²) in [7, 11) is 0. The van der Waals surface area contributed by atoms with Crippen molar-refractivity contribution in [3.8, 4) is 11.5 Å². The lowest BCUT2D eigenvalue weighted by atomic mass is 9.76. The van der Waals surface area contributed by atoms with Crippen molar-refractivity contribution in [3.63, 3.8) is 0 Å². The minimum Gasteiger partial charge on any atom is -0.490 e. The maximum absolute atomic E-state index is 14.0. The number of rotatable bonds is 8. The van der Waals surface area contributed by atoms with E-state index in [4.69, 9.17) is 14.5 Å². The van der Waals surface area contributed by atoms with Crippen LogP contribution in [0.3, 0.4) is 0 Å². The Labute approximate surface area is 235 Å². The van der Waals surface area contributed by atoms with Gasteiger partial charge in [-0.15, -0.1) is 0 Å². The van der Waals surface area contributed by atoms with Crippen LogP contribution in [0.2, 0.25) is 0 Å². The largest absolute Gasteiger partial charge is 0.490 e. The van der Waals surface area contributed by atoms with Crippen molar-refractivity contribution in [2.45, 2.75) is 38.8 Å². The molecule has 202 valence electrons. The normalized spacial score (nSPS) is 19.2. The first kappa shape index (κ1) is 25.9. The molecule has 1 aliphatic carbocycles. The topological polar surface area (TPSA) is 42.8 Å². The number of hydrogen-bond donors (Lipinski definition) is 1. The summed E-state index contributed by atoms with van der Waals surface area (Å²) in [5.74, 6) is 1.87. The molecule has 3 atom stereocenters. The van der Waals surface area contributed by atoms with E-state index in [1.54, 1.807) is 18.2 Å². The number of nitrogens with zero attached hydrogens (tertiary/aromatic N) is 1. The van der Waals surface area contributed by atoms with Crippen molar-refractivity contribution in [1.29, 1.82) is 0 Å². The average molecular weight is 533 g/mol. The number of anilines is 1. The molecule has 0 saturated carbocycles. The molecule has 0 unspecified atom stereocenters. The average Bonchev–Trinajstić information content (AvgIpc) is 3.47. The molecular formula is C35H33FN2O2. The van der Waals surface area contributed by atoms with Gasteiger partial charge in [-0.05, 0) is 85.3 Å². The fourth-order valence-electron chi connectivity index (χ4n) is 5.72. The third kappa shape index (κ3) is 5.37. The summed E-state index contributed by atoms with van der Waals surface area (Å²) in [5, 5.41) is 3.81. The number of allylic oxidation sites excluding steroid dienone is 2. The highest BCUT2D eigenvalue weighted by atomic mass is 19.1. The fourth-order valence-corrected chi connectivity index (χ4v) is 5.72. The van der Waals surface area contributed by atoms with Crippen molar-refractivity contribution in [2.75, 3.05) is 11.9 Å². The third-order valence-electron chi connectivity index (χ3n) is 7.74. The zero-order chi connectivity index (χ0) is 27.5. The molecule has 2 aliphatic rings. The molecule has 0 radical (unpaired) electrons. The number of aryl methyl sites for hydroxylation is 1. The lowest BCUT2D eigenvalue weighted by Crippen LogP contribution is -2.29. The summed E-state index contributed by atoms with van der Waals surface area (Å²) in [5.41, 5.74) is 7.50. The number of fused-ring (bicyclic) bond motifs is 3. The third-order valence-corrected chi connectivity index (χ3v) is 7.74. The van der Waals surface area contributed by atoms with Crippen LogP contribution in [-0.2, 0) is 6.61 Å². The number of aliphatic imine (C=N–C) groups is 1. The monoisotopic (exact) mass is 532 g/mol. The molecule has 4 nitrogen and oxygen atoms in total. The highest BCUT2D eigenvalue weighted by Crippen LogP contribution is 2.50. The number of halogens is 1. The summed E-state index contributed by atoms with van der Waals surface area (Å²) in [6.45, 7) is 4.71. The lowest BCUT2D eigenvalue weighted by Gasteiger charge is -2.37. The van der Waals surface area contributed by atoms with E-state index in [1.165, 1.54) is 28.4 Å². The quantitative estimate of drug-likeness (QED) is 0.182. The molecule has 5 heteroatoms. The van der Waals surface area contributed by atoms with Crippen LogP contribution in [0.25, 0.3) is 0 Å². The van der Waals surface area contributed by atoms with Gasteiger partial charge < -0.3 is 14.8 Å². The maximum Gasteiger partial charge on any atom is 0.161 e. The summed E-state index contributed by atoms with van der Waals surface area (Å²) in [6, 6.07) is 27.8. The second kappa shape index (κ2) is 11.4. The molecule has 1 heterocycles. The van der Waals surface area contributed by atoms with E-state index in [0.717, 1.165) is 17.7 Å². The standard InChI is InChI=1S/C35H33FN2O2/c1-3-39-34-20-24(12-18-33(34)40-22-26-7-4-5-10-31(26)36)21-37-27-15-13-25(14-16-27)35-29-9-6-8-28(29)30-19-23(2)11-17-32(30)38-35/h4-8,10-21,28-29,35,38H,3,9,22H2,1-2H3/t28-,29+,35-/m0/s1. The maximum atomic E-state index is 14.0. The van der Waals surface area contributed by atoms with Gasteiger partial charge in [-0.3, -0.25) is 4.99 Å². The molecule has 0 aromatic heterocycles. The van der Waals surface area contributed by atoms with E-state index in [0.29, 0.717) is 35.5 Å². The van der Waals surface area contributed by atoms with Crippen molar-refractivity contribution < 1.29 is 13.9 Å². The predicted octanol–water partition coefficient (Wildman–Crippen LogP) is 8.69. The fraction of sp³-hybridized carbons (Fsp3) is 0.229. The molecule has 0 spiro atoms. The van der Waals surface area contributed by atoms with E-state index in [9.17, 15) is 4.39 Å². The van der Waals surface area contributed by atoms with Gasteiger partial charge in [0.15, 0.2) is 11.5 Å². The van der Waals surface area contributed by atoms with Crippen molar-refractivity contribution in [2.24, 2.45) is 10.9 Å². The Kier molecular flexibility index (Phi) is 7.37. The van der Waals surface area contributed by atoms with Gasteiger partial charge in [-0.25, -0.2) is 4.39 Å². The van der Waals surface area contributed by atoms with E-state index in [-0.39, 0.29) is 18.5 Å². The number of nitrogens with one attached hydrogen (secondary N) is 1. The number of benzene rings is 4. The molecule has 0 fully saturated rings. The summed E-state index contributed by atoms with van der Waals surface area (Å²) in [6.07, 6.45) is 7.61. The molecule has 1 aliphatic heterocycles. The van der Waals surface area contributed by atoms with Gasteiger partial charge in [-0.2, -0.15) is 0 Å². The molecule has 40 heavy (non-hydrogen) atoms. The second-order valence-electron chi connectivity index (χ2n) is 10.4. The van der Waals surface area contributed by atoms with Crippen LogP contribution in [0.15, 0.2) is 102 Å². The van der Waals surface area contributed by atoms with Gasteiger partial charge >= 0.3 is 0 Å².